The van der Waals surface area contributed by atoms with Gasteiger partial charge in [-0.3, -0.25) is 14.4 Å². The lowest BCUT2D eigenvalue weighted by atomic mass is 9.98. The second-order valence-corrected chi connectivity index (χ2v) is 19.9. The first-order valence-electron chi connectivity index (χ1n) is 29.0. The number of hydrogen-bond acceptors (Lipinski definition) is 11. The van der Waals surface area contributed by atoms with Crippen LogP contribution in [0.1, 0.15) is 265 Å². The van der Waals surface area contributed by atoms with Crippen LogP contribution in [0.3, 0.4) is 0 Å². The van der Waals surface area contributed by atoms with Crippen LogP contribution in [0.4, 0.5) is 0 Å². The fraction of sp³-hybridized carbons (Fsp3) is 0.831. The molecule has 1 aliphatic heterocycles. The number of ether oxygens (including phenoxy) is 5. The first-order chi connectivity index (χ1) is 34.6. The van der Waals surface area contributed by atoms with Gasteiger partial charge < -0.3 is 39.0 Å². The molecule has 1 saturated heterocycles. The predicted octanol–water partition coefficient (Wildman–Crippen LogP) is 14.5. The summed E-state index contributed by atoms with van der Waals surface area (Å²) in [6.45, 7) is 5.90. The highest BCUT2D eigenvalue weighted by Crippen LogP contribution is 2.26. The Morgan fingerprint density at radius 1 is 0.465 bits per heavy atom. The standard InChI is InChI=1S/C59H104O12/c1-4-7-10-13-16-19-21-23-24-25-26-27-28-30-31-34-36-39-42-45-51(60)67-48-50(69-52(61)46-43-40-37-33-18-15-12-9-6-3)49-68-59-57(55(64)54(63)56(71-59)58(65)66)70-53(62)47-44-41-38-35-32-29-22-20-17-14-11-8-5-2/h11,14,20,22-24,50,54-57,59,63-64H,4-10,12-13,15-19,21,25-49H2,1-3H3,(H,65,66)/b14-11-,22-20-,24-23-. The van der Waals surface area contributed by atoms with Crippen molar-refractivity contribution < 1.29 is 58.2 Å². The van der Waals surface area contributed by atoms with Crippen LogP contribution in [-0.2, 0) is 42.9 Å². The average Bonchev–Trinajstić information content (AvgIpc) is 3.35. The molecule has 0 saturated carbocycles. The molecule has 12 nitrogen and oxygen atoms in total. The van der Waals surface area contributed by atoms with Gasteiger partial charge in [0.2, 0.25) is 0 Å². The Bertz CT molecular complexity index is 1380. The van der Waals surface area contributed by atoms with E-state index in [1.165, 1.54) is 116 Å². The number of carboxylic acids is 1. The van der Waals surface area contributed by atoms with Gasteiger partial charge in [-0.2, -0.15) is 0 Å². The van der Waals surface area contributed by atoms with Crippen LogP contribution in [0.5, 0.6) is 0 Å². The Kier molecular flexibility index (Phi) is 44.5. The minimum atomic E-state index is -1.90. The molecule has 0 aromatic carbocycles. The lowest BCUT2D eigenvalue weighted by Crippen LogP contribution is -2.61. The molecular formula is C59H104O12. The number of carbonyl (C=O) groups excluding carboxylic acids is 3. The molecule has 0 aliphatic carbocycles. The van der Waals surface area contributed by atoms with Crippen LogP contribution in [0.15, 0.2) is 36.5 Å². The average molecular weight is 1010 g/mol. The molecule has 0 spiro atoms. The Balaban J connectivity index is 2.63. The monoisotopic (exact) mass is 1000 g/mol. The zero-order valence-electron chi connectivity index (χ0n) is 45.2. The second-order valence-electron chi connectivity index (χ2n) is 19.9. The zero-order chi connectivity index (χ0) is 51.8. The number of rotatable bonds is 49. The first kappa shape index (κ1) is 66.0. The Labute approximate surface area is 431 Å². The van der Waals surface area contributed by atoms with Crippen LogP contribution in [0.25, 0.3) is 0 Å². The Morgan fingerprint density at radius 2 is 0.873 bits per heavy atom. The third-order valence-corrected chi connectivity index (χ3v) is 13.2. The number of unbranched alkanes of at least 4 members (excludes halogenated alkanes) is 29. The van der Waals surface area contributed by atoms with E-state index in [9.17, 15) is 34.5 Å². The summed E-state index contributed by atoms with van der Waals surface area (Å²) < 4.78 is 28.3. The predicted molar refractivity (Wildman–Crippen MR) is 285 cm³/mol. The molecule has 6 atom stereocenters. The zero-order valence-corrected chi connectivity index (χ0v) is 45.2. The van der Waals surface area contributed by atoms with Crippen molar-refractivity contribution in [1.82, 2.24) is 0 Å². The van der Waals surface area contributed by atoms with Crippen molar-refractivity contribution in [3.05, 3.63) is 36.5 Å². The maximum atomic E-state index is 13.1. The van der Waals surface area contributed by atoms with Crippen LogP contribution < -0.4 is 0 Å². The fourth-order valence-electron chi connectivity index (χ4n) is 8.69. The maximum absolute atomic E-state index is 13.1. The number of carbonyl (C=O) groups is 4. The maximum Gasteiger partial charge on any atom is 0.335 e. The van der Waals surface area contributed by atoms with Gasteiger partial charge in [0.1, 0.15) is 18.8 Å². The summed E-state index contributed by atoms with van der Waals surface area (Å²) in [5, 5.41) is 31.4. The molecule has 6 unspecified atom stereocenters. The van der Waals surface area contributed by atoms with Gasteiger partial charge in [-0.15, -0.1) is 0 Å². The van der Waals surface area contributed by atoms with E-state index >= 15 is 0 Å². The summed E-state index contributed by atoms with van der Waals surface area (Å²) in [5.74, 6) is -3.12. The van der Waals surface area contributed by atoms with Crippen LogP contribution >= 0.6 is 0 Å². The van der Waals surface area contributed by atoms with E-state index in [4.69, 9.17) is 23.7 Å². The SMILES string of the molecule is CCC/C=C\C/C=C\CCCCCCCC(=O)OC1C(OCC(COC(=O)CCCCCCCCCCC/C=C\CCCCCCCC)OC(=O)CCCCCCCCCCC)OC(C(=O)O)C(O)C1O. The lowest BCUT2D eigenvalue weighted by Gasteiger charge is -2.40. The molecule has 412 valence electrons. The molecule has 1 rings (SSSR count). The van der Waals surface area contributed by atoms with E-state index in [0.29, 0.717) is 19.3 Å². The number of aliphatic carboxylic acids is 1. The van der Waals surface area contributed by atoms with Gasteiger partial charge in [-0.05, 0) is 70.6 Å². The van der Waals surface area contributed by atoms with Gasteiger partial charge in [0, 0.05) is 19.3 Å². The molecule has 0 aromatic rings. The molecule has 1 heterocycles. The molecule has 0 amide bonds. The number of carboxylic acid groups (broad SMARTS) is 1. The van der Waals surface area contributed by atoms with E-state index < -0.39 is 67.3 Å². The summed E-state index contributed by atoms with van der Waals surface area (Å²) in [6.07, 6.45) is 42.8. The smallest absolute Gasteiger partial charge is 0.335 e. The third-order valence-electron chi connectivity index (χ3n) is 13.2. The van der Waals surface area contributed by atoms with Crippen molar-refractivity contribution in [3.8, 4) is 0 Å². The Hall–Kier alpha value is -3.06. The van der Waals surface area contributed by atoms with Crippen LogP contribution in [0, 0.1) is 0 Å². The summed E-state index contributed by atoms with van der Waals surface area (Å²) in [5.41, 5.74) is 0. The molecule has 0 bridgehead atoms. The van der Waals surface area contributed by atoms with Gasteiger partial charge >= 0.3 is 23.9 Å². The van der Waals surface area contributed by atoms with Crippen LogP contribution in [0.2, 0.25) is 0 Å². The first-order valence-corrected chi connectivity index (χ1v) is 29.0. The minimum absolute atomic E-state index is 0.0467. The minimum Gasteiger partial charge on any atom is -0.479 e. The number of hydrogen-bond donors (Lipinski definition) is 3. The van der Waals surface area contributed by atoms with Gasteiger partial charge in [-0.25, -0.2) is 4.79 Å². The highest BCUT2D eigenvalue weighted by atomic mass is 16.7. The van der Waals surface area contributed by atoms with E-state index in [1.807, 2.05) is 0 Å². The van der Waals surface area contributed by atoms with Crippen molar-refractivity contribution >= 4 is 23.9 Å². The van der Waals surface area contributed by atoms with Crippen LogP contribution in [-0.4, -0.2) is 89.2 Å². The normalized spacial score (nSPS) is 18.7. The van der Waals surface area contributed by atoms with Gasteiger partial charge in [-0.1, -0.05) is 211 Å². The molecular weight excluding hydrogens is 901 g/mol. The molecule has 3 N–H and O–H groups in total. The highest BCUT2D eigenvalue weighted by molar-refractivity contribution is 5.74. The van der Waals surface area contributed by atoms with Crippen molar-refractivity contribution in [1.29, 1.82) is 0 Å². The van der Waals surface area contributed by atoms with E-state index in [1.54, 1.807) is 0 Å². The van der Waals surface area contributed by atoms with Crippen molar-refractivity contribution in [2.24, 2.45) is 0 Å². The summed E-state index contributed by atoms with van der Waals surface area (Å²) in [4.78, 5) is 50.9. The molecule has 0 aromatic heterocycles. The number of esters is 3. The van der Waals surface area contributed by atoms with Gasteiger partial charge in [0.05, 0.1) is 6.61 Å². The molecule has 1 aliphatic rings. The largest absolute Gasteiger partial charge is 0.479 e. The van der Waals surface area contributed by atoms with Crippen molar-refractivity contribution in [3.63, 3.8) is 0 Å². The molecule has 1 fully saturated rings. The van der Waals surface area contributed by atoms with Crippen molar-refractivity contribution in [2.45, 2.75) is 302 Å². The van der Waals surface area contributed by atoms with E-state index in [2.05, 4.69) is 57.2 Å². The number of aliphatic hydroxyl groups excluding tert-OH is 2. The van der Waals surface area contributed by atoms with Gasteiger partial charge in [0.15, 0.2) is 24.6 Å². The third kappa shape index (κ3) is 38.2. The quantitative estimate of drug-likeness (QED) is 0.0228. The number of allylic oxidation sites excluding steroid dienone is 6. The number of aliphatic hydroxyl groups is 2. The summed E-state index contributed by atoms with van der Waals surface area (Å²) in [7, 11) is 0. The molecule has 0 radical (unpaired) electrons. The summed E-state index contributed by atoms with van der Waals surface area (Å²) >= 11 is 0. The fourth-order valence-corrected chi connectivity index (χ4v) is 8.69. The van der Waals surface area contributed by atoms with E-state index in [0.717, 1.165) is 89.9 Å². The topological polar surface area (TPSA) is 175 Å². The molecule has 12 heteroatoms. The highest BCUT2D eigenvalue weighted by Gasteiger charge is 2.50. The van der Waals surface area contributed by atoms with Gasteiger partial charge in [0.25, 0.3) is 0 Å². The summed E-state index contributed by atoms with van der Waals surface area (Å²) in [6, 6.07) is 0. The lowest BCUT2D eigenvalue weighted by molar-refractivity contribution is -0.301. The van der Waals surface area contributed by atoms with E-state index in [-0.39, 0.29) is 25.9 Å². The second kappa shape index (κ2) is 47.9. The molecule has 71 heavy (non-hydrogen) atoms. The Morgan fingerprint density at radius 3 is 1.34 bits per heavy atom. The van der Waals surface area contributed by atoms with Crippen molar-refractivity contribution in [2.75, 3.05) is 13.2 Å².